The van der Waals surface area contributed by atoms with Crippen molar-refractivity contribution in [3.05, 3.63) is 29.3 Å². The van der Waals surface area contributed by atoms with Crippen molar-refractivity contribution < 1.29 is 0 Å². The van der Waals surface area contributed by atoms with Crippen LogP contribution in [0.25, 0.3) is 0 Å². The molecule has 0 aliphatic heterocycles. The maximum atomic E-state index is 3.32. The molecule has 0 aliphatic carbocycles. The van der Waals surface area contributed by atoms with Crippen molar-refractivity contribution in [3.8, 4) is 0 Å². The predicted octanol–water partition coefficient (Wildman–Crippen LogP) is 3.76. The number of anilines is 1. The molecule has 0 aromatic heterocycles. The van der Waals surface area contributed by atoms with Crippen molar-refractivity contribution >= 4 is 5.69 Å². The fourth-order valence-corrected chi connectivity index (χ4v) is 1.13. The maximum absolute atomic E-state index is 3.32. The minimum Gasteiger partial charge on any atom is -0.385 e. The average molecular weight is 179 g/mol. The molecule has 1 nitrogen and oxygen atoms in total. The van der Waals surface area contributed by atoms with Gasteiger partial charge in [-0.2, -0.15) is 0 Å². The van der Waals surface area contributed by atoms with E-state index in [1.54, 1.807) is 0 Å². The van der Waals surface area contributed by atoms with Gasteiger partial charge in [0.15, 0.2) is 0 Å². The highest BCUT2D eigenvalue weighted by molar-refractivity contribution is 5.53. The summed E-state index contributed by atoms with van der Waals surface area (Å²) in [7, 11) is 0. The van der Waals surface area contributed by atoms with Crippen molar-refractivity contribution in [2.75, 3.05) is 11.9 Å². The minimum absolute atomic E-state index is 0.990. The summed E-state index contributed by atoms with van der Waals surface area (Å²) in [4.78, 5) is 0. The van der Waals surface area contributed by atoms with E-state index in [4.69, 9.17) is 0 Å². The first kappa shape index (κ1) is 12.0. The molecule has 0 radical (unpaired) electrons. The van der Waals surface area contributed by atoms with Crippen molar-refractivity contribution in [2.45, 2.75) is 34.6 Å². The van der Waals surface area contributed by atoms with Crippen LogP contribution in [0.2, 0.25) is 0 Å². The lowest BCUT2D eigenvalue weighted by Crippen LogP contribution is -1.99. The van der Waals surface area contributed by atoms with Gasteiger partial charge in [-0.25, -0.2) is 0 Å². The number of hydrogen-bond acceptors (Lipinski definition) is 1. The van der Waals surface area contributed by atoms with Crippen LogP contribution in [0, 0.1) is 13.8 Å². The summed E-state index contributed by atoms with van der Waals surface area (Å²) in [5, 5.41) is 3.32. The van der Waals surface area contributed by atoms with E-state index in [9.17, 15) is 0 Å². The number of hydrogen-bond donors (Lipinski definition) is 1. The summed E-state index contributed by atoms with van der Waals surface area (Å²) in [5.74, 6) is 0. The molecular weight excluding hydrogens is 158 g/mol. The third kappa shape index (κ3) is 3.49. The molecule has 0 amide bonds. The molecule has 0 saturated carbocycles. The van der Waals surface area contributed by atoms with E-state index in [1.165, 1.54) is 16.8 Å². The van der Waals surface area contributed by atoms with Gasteiger partial charge < -0.3 is 5.32 Å². The van der Waals surface area contributed by atoms with Crippen LogP contribution < -0.4 is 5.32 Å². The molecule has 1 aromatic rings. The molecular formula is C12H21N. The molecule has 0 spiro atoms. The zero-order valence-corrected chi connectivity index (χ0v) is 9.44. The van der Waals surface area contributed by atoms with Crippen LogP contribution in [0.5, 0.6) is 0 Å². The molecule has 13 heavy (non-hydrogen) atoms. The lowest BCUT2D eigenvalue weighted by molar-refractivity contribution is 1.19. The van der Waals surface area contributed by atoms with Crippen molar-refractivity contribution in [1.82, 2.24) is 0 Å². The zero-order chi connectivity index (χ0) is 10.3. The Labute approximate surface area is 82.2 Å². The van der Waals surface area contributed by atoms with Crippen LogP contribution in [-0.4, -0.2) is 6.54 Å². The monoisotopic (exact) mass is 179 g/mol. The topological polar surface area (TPSA) is 12.0 Å². The fraction of sp³-hybridized carbons (Fsp3) is 0.500. The molecule has 1 rings (SSSR count). The number of nitrogens with one attached hydrogen (secondary N) is 1. The molecule has 0 fully saturated rings. The van der Waals surface area contributed by atoms with E-state index >= 15 is 0 Å². The van der Waals surface area contributed by atoms with Crippen LogP contribution in [0.1, 0.15) is 31.9 Å². The van der Waals surface area contributed by atoms with Gasteiger partial charge in [-0.15, -0.1) is 0 Å². The number of aryl methyl sites for hydroxylation is 1. The van der Waals surface area contributed by atoms with Gasteiger partial charge in [0, 0.05) is 12.2 Å². The molecule has 0 heterocycles. The van der Waals surface area contributed by atoms with Crippen LogP contribution in [0.3, 0.4) is 0 Å². The Kier molecular flexibility index (Phi) is 6.03. The smallest absolute Gasteiger partial charge is 0.0372 e. The first-order valence-corrected chi connectivity index (χ1v) is 5.05. The third-order valence-electron chi connectivity index (χ3n) is 1.97. The predicted molar refractivity (Wildman–Crippen MR) is 61.4 cm³/mol. The van der Waals surface area contributed by atoms with Gasteiger partial charge >= 0.3 is 0 Å². The molecule has 0 unspecified atom stereocenters. The average Bonchev–Trinajstić information content (AvgIpc) is 2.17. The Morgan fingerprint density at radius 1 is 1.15 bits per heavy atom. The SMILES string of the molecule is CC.CCNc1cccc(C)c1C. The summed E-state index contributed by atoms with van der Waals surface area (Å²) in [5.41, 5.74) is 3.96. The second kappa shape index (κ2) is 6.53. The molecule has 1 aromatic carbocycles. The minimum atomic E-state index is 0.990. The van der Waals surface area contributed by atoms with E-state index < -0.39 is 0 Å². The molecule has 0 atom stereocenters. The second-order valence-corrected chi connectivity index (χ2v) is 2.78. The van der Waals surface area contributed by atoms with Gasteiger partial charge in [-0.1, -0.05) is 26.0 Å². The van der Waals surface area contributed by atoms with Crippen LogP contribution >= 0.6 is 0 Å². The Morgan fingerprint density at radius 2 is 1.77 bits per heavy atom. The van der Waals surface area contributed by atoms with E-state index in [1.807, 2.05) is 13.8 Å². The normalized spacial score (nSPS) is 8.69. The highest BCUT2D eigenvalue weighted by Crippen LogP contribution is 2.17. The summed E-state index contributed by atoms with van der Waals surface area (Å²) in [6, 6.07) is 6.34. The molecule has 1 N–H and O–H groups in total. The standard InChI is InChI=1S/C10H15N.C2H6/c1-4-11-10-7-5-6-8(2)9(10)3;1-2/h5-7,11H,4H2,1-3H3;1-2H3. The van der Waals surface area contributed by atoms with Crippen molar-refractivity contribution in [1.29, 1.82) is 0 Å². The molecule has 74 valence electrons. The summed E-state index contributed by atoms with van der Waals surface area (Å²) in [6.45, 7) is 11.4. The molecule has 0 bridgehead atoms. The van der Waals surface area contributed by atoms with E-state index in [0.29, 0.717) is 0 Å². The fourth-order valence-electron chi connectivity index (χ4n) is 1.13. The molecule has 1 heteroatoms. The van der Waals surface area contributed by atoms with Crippen LogP contribution in [0.4, 0.5) is 5.69 Å². The highest BCUT2D eigenvalue weighted by atomic mass is 14.9. The third-order valence-corrected chi connectivity index (χ3v) is 1.97. The summed E-state index contributed by atoms with van der Waals surface area (Å²) < 4.78 is 0. The van der Waals surface area contributed by atoms with Crippen molar-refractivity contribution in [2.24, 2.45) is 0 Å². The van der Waals surface area contributed by atoms with Gasteiger partial charge in [0.1, 0.15) is 0 Å². The first-order chi connectivity index (χ1) is 6.25. The Hall–Kier alpha value is -0.980. The Bertz CT molecular complexity index is 241. The van der Waals surface area contributed by atoms with Crippen molar-refractivity contribution in [3.63, 3.8) is 0 Å². The van der Waals surface area contributed by atoms with Crippen LogP contribution in [-0.2, 0) is 0 Å². The van der Waals surface area contributed by atoms with Gasteiger partial charge in [-0.05, 0) is 38.0 Å². The Morgan fingerprint density at radius 3 is 2.31 bits per heavy atom. The molecule has 0 saturated heterocycles. The highest BCUT2D eigenvalue weighted by Gasteiger charge is 1.96. The van der Waals surface area contributed by atoms with Gasteiger partial charge in [0.2, 0.25) is 0 Å². The Balaban J connectivity index is 0.000000671. The van der Waals surface area contributed by atoms with Gasteiger partial charge in [0.05, 0.1) is 0 Å². The molecule has 0 aliphatic rings. The largest absolute Gasteiger partial charge is 0.385 e. The lowest BCUT2D eigenvalue weighted by Gasteiger charge is -2.08. The summed E-state index contributed by atoms with van der Waals surface area (Å²) >= 11 is 0. The van der Waals surface area contributed by atoms with E-state index in [2.05, 4.69) is 44.3 Å². The number of rotatable bonds is 2. The second-order valence-electron chi connectivity index (χ2n) is 2.78. The quantitative estimate of drug-likeness (QED) is 0.729. The van der Waals surface area contributed by atoms with Crippen LogP contribution in [0.15, 0.2) is 18.2 Å². The summed E-state index contributed by atoms with van der Waals surface area (Å²) in [6.07, 6.45) is 0. The van der Waals surface area contributed by atoms with E-state index in [0.717, 1.165) is 6.54 Å². The van der Waals surface area contributed by atoms with E-state index in [-0.39, 0.29) is 0 Å². The van der Waals surface area contributed by atoms with Gasteiger partial charge in [-0.3, -0.25) is 0 Å². The lowest BCUT2D eigenvalue weighted by atomic mass is 10.1. The number of benzene rings is 1. The first-order valence-electron chi connectivity index (χ1n) is 5.05. The zero-order valence-electron chi connectivity index (χ0n) is 9.44. The maximum Gasteiger partial charge on any atom is 0.0372 e. The van der Waals surface area contributed by atoms with Gasteiger partial charge in [0.25, 0.3) is 0 Å².